The third kappa shape index (κ3) is 4.53. The number of benzene rings is 2. The summed E-state index contributed by atoms with van der Waals surface area (Å²) in [5.74, 6) is 0.960. The second-order valence-corrected chi connectivity index (χ2v) is 6.87. The summed E-state index contributed by atoms with van der Waals surface area (Å²) in [6.07, 6.45) is 3.69. The summed E-state index contributed by atoms with van der Waals surface area (Å²) in [5.41, 5.74) is 5.01. The van der Waals surface area contributed by atoms with E-state index in [1.165, 1.54) is 22.3 Å². The lowest BCUT2D eigenvalue weighted by Crippen LogP contribution is -2.45. The molecule has 1 fully saturated rings. The zero-order chi connectivity index (χ0) is 18.5. The molecule has 1 aliphatic heterocycles. The van der Waals surface area contributed by atoms with Crippen LogP contribution in [0.25, 0.3) is 11.1 Å². The molecule has 0 aliphatic carbocycles. The third-order valence-corrected chi connectivity index (χ3v) is 5.18. The van der Waals surface area contributed by atoms with Crippen LogP contribution in [0.3, 0.4) is 0 Å². The largest absolute Gasteiger partial charge is 0.496 e. The predicted molar refractivity (Wildman–Crippen MR) is 116 cm³/mol. The molecular weight excluding hydrogens is 370 g/mol. The van der Waals surface area contributed by atoms with Crippen molar-refractivity contribution in [2.75, 3.05) is 26.7 Å². The lowest BCUT2D eigenvalue weighted by Gasteiger charge is -2.37. The normalized spacial score (nSPS) is 17.0. The van der Waals surface area contributed by atoms with E-state index >= 15 is 0 Å². The molecule has 4 rings (SSSR count). The van der Waals surface area contributed by atoms with E-state index in [-0.39, 0.29) is 12.4 Å². The van der Waals surface area contributed by atoms with Gasteiger partial charge in [-0.1, -0.05) is 36.4 Å². The van der Waals surface area contributed by atoms with Crippen LogP contribution in [0.5, 0.6) is 5.75 Å². The standard InChI is InChI=1S/C23H25N3O.ClH/c1-27-23-8-3-2-7-21(23)22-16-25-13-14-26(22)17-18-5-4-6-20(15-18)19-9-11-24-12-10-19;/h2-12,15,22,25H,13-14,16-17H2,1H3;1H. The van der Waals surface area contributed by atoms with Crippen LogP contribution in [0.1, 0.15) is 17.2 Å². The Morgan fingerprint density at radius 1 is 1.04 bits per heavy atom. The molecule has 2 aromatic carbocycles. The second kappa shape index (κ2) is 9.69. The Bertz CT molecular complexity index is 888. The summed E-state index contributed by atoms with van der Waals surface area (Å²) in [6.45, 7) is 3.88. The van der Waals surface area contributed by atoms with E-state index in [2.05, 4.69) is 63.7 Å². The molecular formula is C23H26ClN3O. The van der Waals surface area contributed by atoms with Crippen molar-refractivity contribution >= 4 is 12.4 Å². The Labute approximate surface area is 173 Å². The molecule has 1 N–H and O–H groups in total. The minimum Gasteiger partial charge on any atom is -0.496 e. The molecule has 4 nitrogen and oxygen atoms in total. The van der Waals surface area contributed by atoms with Gasteiger partial charge in [-0.2, -0.15) is 0 Å². The van der Waals surface area contributed by atoms with Gasteiger partial charge in [0, 0.05) is 44.1 Å². The molecule has 0 amide bonds. The number of pyridine rings is 1. The molecule has 28 heavy (non-hydrogen) atoms. The Morgan fingerprint density at radius 2 is 1.86 bits per heavy atom. The molecule has 0 bridgehead atoms. The Morgan fingerprint density at radius 3 is 2.68 bits per heavy atom. The fraction of sp³-hybridized carbons (Fsp3) is 0.261. The van der Waals surface area contributed by atoms with Crippen molar-refractivity contribution in [1.82, 2.24) is 15.2 Å². The van der Waals surface area contributed by atoms with Crippen molar-refractivity contribution in [3.63, 3.8) is 0 Å². The molecule has 0 spiro atoms. The molecule has 1 unspecified atom stereocenters. The molecule has 1 atom stereocenters. The zero-order valence-corrected chi connectivity index (χ0v) is 16.9. The van der Waals surface area contributed by atoms with Crippen LogP contribution in [0.15, 0.2) is 73.1 Å². The fourth-order valence-electron chi connectivity index (χ4n) is 3.81. The van der Waals surface area contributed by atoms with Gasteiger partial charge in [-0.25, -0.2) is 0 Å². The van der Waals surface area contributed by atoms with E-state index in [4.69, 9.17) is 4.74 Å². The topological polar surface area (TPSA) is 37.4 Å². The highest BCUT2D eigenvalue weighted by molar-refractivity contribution is 5.85. The number of nitrogens with one attached hydrogen (secondary N) is 1. The average Bonchev–Trinajstić information content (AvgIpc) is 2.75. The van der Waals surface area contributed by atoms with Gasteiger partial charge in [0.2, 0.25) is 0 Å². The summed E-state index contributed by atoms with van der Waals surface area (Å²) in [7, 11) is 1.75. The van der Waals surface area contributed by atoms with Crippen LogP contribution >= 0.6 is 12.4 Å². The monoisotopic (exact) mass is 395 g/mol. The van der Waals surface area contributed by atoms with Crippen LogP contribution in [0.4, 0.5) is 0 Å². The first-order chi connectivity index (χ1) is 13.3. The number of hydrogen-bond donors (Lipinski definition) is 1. The highest BCUT2D eigenvalue weighted by Gasteiger charge is 2.26. The van der Waals surface area contributed by atoms with Crippen LogP contribution in [-0.2, 0) is 6.54 Å². The molecule has 2 heterocycles. The Kier molecular flexibility index (Phi) is 7.04. The minimum absolute atomic E-state index is 0. The van der Waals surface area contributed by atoms with Crippen molar-refractivity contribution in [2.24, 2.45) is 0 Å². The Balaban J connectivity index is 0.00000225. The van der Waals surface area contributed by atoms with Gasteiger partial charge in [-0.05, 0) is 41.0 Å². The number of halogens is 1. The summed E-state index contributed by atoms with van der Waals surface area (Å²) in [6, 6.07) is 21.6. The molecule has 3 aromatic rings. The van der Waals surface area contributed by atoms with Crippen LogP contribution in [0, 0.1) is 0 Å². The molecule has 0 saturated carbocycles. The van der Waals surface area contributed by atoms with Crippen molar-refractivity contribution in [2.45, 2.75) is 12.6 Å². The van der Waals surface area contributed by atoms with Gasteiger partial charge in [0.25, 0.3) is 0 Å². The highest BCUT2D eigenvalue weighted by Crippen LogP contribution is 2.31. The van der Waals surface area contributed by atoms with Gasteiger partial charge in [-0.3, -0.25) is 9.88 Å². The van der Waals surface area contributed by atoms with E-state index in [1.54, 1.807) is 7.11 Å². The van der Waals surface area contributed by atoms with Crippen molar-refractivity contribution in [1.29, 1.82) is 0 Å². The lowest BCUT2D eigenvalue weighted by molar-refractivity contribution is 0.151. The maximum absolute atomic E-state index is 5.61. The smallest absolute Gasteiger partial charge is 0.123 e. The van der Waals surface area contributed by atoms with Gasteiger partial charge in [-0.15, -0.1) is 12.4 Å². The lowest BCUT2D eigenvalue weighted by atomic mass is 10.00. The molecule has 0 radical (unpaired) electrons. The maximum atomic E-state index is 5.61. The van der Waals surface area contributed by atoms with E-state index in [9.17, 15) is 0 Å². The minimum atomic E-state index is 0. The number of rotatable bonds is 5. The maximum Gasteiger partial charge on any atom is 0.123 e. The Hall–Kier alpha value is -2.40. The van der Waals surface area contributed by atoms with Crippen molar-refractivity contribution < 1.29 is 4.74 Å². The first-order valence-electron chi connectivity index (χ1n) is 9.42. The number of piperazine rings is 1. The fourth-order valence-corrected chi connectivity index (χ4v) is 3.81. The summed E-state index contributed by atoms with van der Waals surface area (Å²) < 4.78 is 5.61. The van der Waals surface area contributed by atoms with Gasteiger partial charge < -0.3 is 10.1 Å². The summed E-state index contributed by atoms with van der Waals surface area (Å²) >= 11 is 0. The molecule has 5 heteroatoms. The SMILES string of the molecule is COc1ccccc1C1CNCCN1Cc1cccc(-c2ccncc2)c1.Cl. The highest BCUT2D eigenvalue weighted by atomic mass is 35.5. The van der Waals surface area contributed by atoms with Gasteiger partial charge in [0.15, 0.2) is 0 Å². The third-order valence-electron chi connectivity index (χ3n) is 5.18. The first kappa shape index (κ1) is 20.3. The van der Waals surface area contributed by atoms with Crippen LogP contribution in [0.2, 0.25) is 0 Å². The molecule has 1 saturated heterocycles. The van der Waals surface area contributed by atoms with Gasteiger partial charge in [0.05, 0.1) is 13.2 Å². The van der Waals surface area contributed by atoms with E-state index < -0.39 is 0 Å². The summed E-state index contributed by atoms with van der Waals surface area (Å²) in [4.78, 5) is 6.66. The second-order valence-electron chi connectivity index (χ2n) is 6.87. The van der Waals surface area contributed by atoms with E-state index in [0.29, 0.717) is 6.04 Å². The van der Waals surface area contributed by atoms with Crippen LogP contribution < -0.4 is 10.1 Å². The van der Waals surface area contributed by atoms with Gasteiger partial charge >= 0.3 is 0 Å². The number of aromatic nitrogens is 1. The first-order valence-corrected chi connectivity index (χ1v) is 9.42. The number of para-hydroxylation sites is 1. The number of nitrogens with zero attached hydrogens (tertiary/aromatic N) is 2. The van der Waals surface area contributed by atoms with Crippen molar-refractivity contribution in [3.8, 4) is 16.9 Å². The average molecular weight is 396 g/mol. The quantitative estimate of drug-likeness (QED) is 0.697. The number of hydrogen-bond acceptors (Lipinski definition) is 4. The number of methoxy groups -OCH3 is 1. The molecule has 146 valence electrons. The summed E-state index contributed by atoms with van der Waals surface area (Å²) in [5, 5.41) is 3.53. The van der Waals surface area contributed by atoms with Crippen LogP contribution in [-0.4, -0.2) is 36.6 Å². The van der Waals surface area contributed by atoms with E-state index in [0.717, 1.165) is 31.9 Å². The molecule has 1 aromatic heterocycles. The zero-order valence-electron chi connectivity index (χ0n) is 16.0. The van der Waals surface area contributed by atoms with Gasteiger partial charge in [0.1, 0.15) is 5.75 Å². The molecule has 1 aliphatic rings. The number of ether oxygens (including phenoxy) is 1. The predicted octanol–water partition coefficient (Wildman–Crippen LogP) is 4.33. The van der Waals surface area contributed by atoms with E-state index in [1.807, 2.05) is 24.5 Å². The van der Waals surface area contributed by atoms with Crippen molar-refractivity contribution in [3.05, 3.63) is 84.2 Å².